The van der Waals surface area contributed by atoms with E-state index in [1.54, 1.807) is 0 Å². The summed E-state index contributed by atoms with van der Waals surface area (Å²) in [6, 6.07) is 0. The fourth-order valence-electron chi connectivity index (χ4n) is 2.09. The van der Waals surface area contributed by atoms with Gasteiger partial charge >= 0.3 is 5.97 Å². The normalized spacial score (nSPS) is 22.4. The van der Waals surface area contributed by atoms with Crippen LogP contribution in [0.4, 0.5) is 0 Å². The predicted octanol–water partition coefficient (Wildman–Crippen LogP) is -0.879. The molecule has 2 rings (SSSR count). The number of hydrogen-bond donors (Lipinski definition) is 3. The minimum atomic E-state index is -0.983. The van der Waals surface area contributed by atoms with Gasteiger partial charge in [-0.1, -0.05) is 5.21 Å². The third kappa shape index (κ3) is 3.28. The Kier molecular flexibility index (Phi) is 3.79. The highest BCUT2D eigenvalue weighted by molar-refractivity contribution is 5.86. The molecule has 1 amide bonds. The summed E-state index contributed by atoms with van der Waals surface area (Å²) in [6.07, 6.45) is 3.31. The number of hydrogen-bond acceptors (Lipinski definition) is 5. The average Bonchev–Trinajstić information content (AvgIpc) is 2.95. The van der Waals surface area contributed by atoms with E-state index in [2.05, 4.69) is 20.9 Å². The molecule has 0 aliphatic carbocycles. The lowest BCUT2D eigenvalue weighted by Crippen LogP contribution is -2.50. The lowest BCUT2D eigenvalue weighted by atomic mass is 9.99. The minimum Gasteiger partial charge on any atom is -0.480 e. The second kappa shape index (κ2) is 5.35. The van der Waals surface area contributed by atoms with Crippen LogP contribution >= 0.6 is 0 Å². The van der Waals surface area contributed by atoms with Crippen molar-refractivity contribution in [1.29, 1.82) is 0 Å². The van der Waals surface area contributed by atoms with Crippen molar-refractivity contribution in [3.8, 4) is 0 Å². The maximum atomic E-state index is 12.0. The van der Waals surface area contributed by atoms with Gasteiger partial charge in [-0.2, -0.15) is 0 Å². The van der Waals surface area contributed by atoms with Crippen molar-refractivity contribution in [2.45, 2.75) is 38.4 Å². The van der Waals surface area contributed by atoms with Crippen LogP contribution in [0.5, 0.6) is 0 Å². The van der Waals surface area contributed by atoms with Crippen molar-refractivity contribution < 1.29 is 14.7 Å². The number of rotatable bonds is 5. The van der Waals surface area contributed by atoms with E-state index in [9.17, 15) is 9.59 Å². The van der Waals surface area contributed by atoms with Crippen LogP contribution in [0.25, 0.3) is 0 Å². The highest BCUT2D eigenvalue weighted by Gasteiger charge is 2.35. The van der Waals surface area contributed by atoms with Gasteiger partial charge in [0.05, 0.1) is 18.3 Å². The van der Waals surface area contributed by atoms with Gasteiger partial charge < -0.3 is 15.7 Å². The molecule has 0 spiro atoms. The van der Waals surface area contributed by atoms with Gasteiger partial charge in [0.25, 0.3) is 0 Å². The van der Waals surface area contributed by atoms with Crippen LogP contribution in [-0.4, -0.2) is 44.1 Å². The molecule has 1 aliphatic rings. The first-order valence-corrected chi connectivity index (χ1v) is 6.14. The first kappa shape index (κ1) is 13.5. The Labute approximate surface area is 110 Å². The van der Waals surface area contributed by atoms with Crippen molar-refractivity contribution in [3.05, 3.63) is 11.9 Å². The van der Waals surface area contributed by atoms with Gasteiger partial charge in [0, 0.05) is 0 Å². The Balaban J connectivity index is 1.86. The fourth-order valence-corrected chi connectivity index (χ4v) is 2.09. The lowest BCUT2D eigenvalue weighted by Gasteiger charge is -2.22. The van der Waals surface area contributed by atoms with Crippen LogP contribution in [0.15, 0.2) is 6.20 Å². The Morgan fingerprint density at radius 3 is 3.05 bits per heavy atom. The van der Waals surface area contributed by atoms with Gasteiger partial charge in [0.1, 0.15) is 12.2 Å². The first-order valence-electron chi connectivity index (χ1n) is 6.14. The molecule has 2 heterocycles. The molecule has 1 unspecified atom stereocenters. The van der Waals surface area contributed by atoms with Gasteiger partial charge in [0.15, 0.2) is 0 Å². The van der Waals surface area contributed by atoms with Gasteiger partial charge in [-0.25, -0.2) is 4.68 Å². The van der Waals surface area contributed by atoms with Crippen LogP contribution in [0.1, 0.15) is 25.5 Å². The average molecular weight is 267 g/mol. The second-order valence-corrected chi connectivity index (χ2v) is 4.85. The number of amides is 1. The molecule has 1 aromatic heterocycles. The zero-order valence-corrected chi connectivity index (χ0v) is 10.7. The lowest BCUT2D eigenvalue weighted by molar-refractivity contribution is -0.138. The molecule has 3 N–H and O–H groups in total. The molecule has 1 fully saturated rings. The van der Waals surface area contributed by atoms with E-state index in [-0.39, 0.29) is 19.0 Å². The molecule has 1 saturated heterocycles. The van der Waals surface area contributed by atoms with Gasteiger partial charge in [-0.05, 0) is 26.3 Å². The van der Waals surface area contributed by atoms with Crippen molar-refractivity contribution in [3.63, 3.8) is 0 Å². The molecule has 1 aromatic rings. The van der Waals surface area contributed by atoms with Crippen LogP contribution in [0.3, 0.4) is 0 Å². The van der Waals surface area contributed by atoms with E-state index >= 15 is 0 Å². The maximum absolute atomic E-state index is 12.0. The number of aliphatic carboxylic acids is 1. The summed E-state index contributed by atoms with van der Waals surface area (Å²) in [4.78, 5) is 22.5. The Morgan fingerprint density at radius 2 is 2.42 bits per heavy atom. The number of nitrogens with zero attached hydrogens (tertiary/aromatic N) is 3. The monoisotopic (exact) mass is 267 g/mol. The Morgan fingerprint density at radius 1 is 1.63 bits per heavy atom. The molecular formula is C11H17N5O3. The largest absolute Gasteiger partial charge is 0.480 e. The van der Waals surface area contributed by atoms with E-state index in [4.69, 9.17) is 5.11 Å². The molecule has 1 aliphatic heterocycles. The standard InChI is InChI=1S/C11H17N5O3/c1-11(3-2-4-13-11)10(19)12-5-8-6-16(15-14-8)7-9(17)18/h6,13H,2-5,7H2,1H3,(H,12,19)(H,17,18). The summed E-state index contributed by atoms with van der Waals surface area (Å²) < 4.78 is 1.22. The zero-order chi connectivity index (χ0) is 13.9. The van der Waals surface area contributed by atoms with E-state index in [0.717, 1.165) is 19.4 Å². The fraction of sp³-hybridized carbons (Fsp3) is 0.636. The number of carbonyl (C=O) groups is 2. The summed E-state index contributed by atoms with van der Waals surface area (Å²) in [6.45, 7) is 2.73. The summed E-state index contributed by atoms with van der Waals surface area (Å²) in [7, 11) is 0. The zero-order valence-electron chi connectivity index (χ0n) is 10.7. The van der Waals surface area contributed by atoms with Crippen LogP contribution < -0.4 is 10.6 Å². The molecular weight excluding hydrogens is 250 g/mol. The number of carbonyl (C=O) groups excluding carboxylic acids is 1. The quantitative estimate of drug-likeness (QED) is 0.639. The highest BCUT2D eigenvalue weighted by Crippen LogP contribution is 2.18. The van der Waals surface area contributed by atoms with Crippen LogP contribution in [0, 0.1) is 0 Å². The molecule has 19 heavy (non-hydrogen) atoms. The summed E-state index contributed by atoms with van der Waals surface area (Å²) in [5.41, 5.74) is 0.0213. The van der Waals surface area contributed by atoms with Crippen LogP contribution in [0.2, 0.25) is 0 Å². The number of carboxylic acid groups (broad SMARTS) is 1. The van der Waals surface area contributed by atoms with E-state index in [1.807, 2.05) is 6.92 Å². The van der Waals surface area contributed by atoms with Crippen molar-refractivity contribution >= 4 is 11.9 Å². The molecule has 104 valence electrons. The summed E-state index contributed by atoms with van der Waals surface area (Å²) in [5, 5.41) is 22.0. The molecule has 8 nitrogen and oxygen atoms in total. The molecule has 0 aromatic carbocycles. The van der Waals surface area contributed by atoms with Crippen molar-refractivity contribution in [1.82, 2.24) is 25.6 Å². The van der Waals surface area contributed by atoms with Crippen molar-refractivity contribution in [2.75, 3.05) is 6.54 Å². The van der Waals surface area contributed by atoms with Gasteiger partial charge in [-0.15, -0.1) is 5.10 Å². The first-order chi connectivity index (χ1) is 8.99. The topological polar surface area (TPSA) is 109 Å². The molecule has 8 heteroatoms. The SMILES string of the molecule is CC1(C(=O)NCc2cn(CC(=O)O)nn2)CCCN1. The molecule has 0 saturated carbocycles. The molecule has 0 bridgehead atoms. The minimum absolute atomic E-state index is 0.0715. The van der Waals surface area contributed by atoms with E-state index in [0.29, 0.717) is 5.69 Å². The van der Waals surface area contributed by atoms with Crippen molar-refractivity contribution in [2.24, 2.45) is 0 Å². The van der Waals surface area contributed by atoms with Crippen LogP contribution in [-0.2, 0) is 22.7 Å². The van der Waals surface area contributed by atoms with Gasteiger partial charge in [0.2, 0.25) is 5.91 Å². The smallest absolute Gasteiger partial charge is 0.325 e. The van der Waals surface area contributed by atoms with E-state index < -0.39 is 11.5 Å². The second-order valence-electron chi connectivity index (χ2n) is 4.85. The third-order valence-corrected chi connectivity index (χ3v) is 3.18. The number of nitrogens with one attached hydrogen (secondary N) is 2. The Hall–Kier alpha value is -1.96. The predicted molar refractivity (Wildman–Crippen MR) is 65.1 cm³/mol. The molecule has 1 atom stereocenters. The third-order valence-electron chi connectivity index (χ3n) is 3.18. The number of aromatic nitrogens is 3. The molecule has 0 radical (unpaired) electrons. The highest BCUT2D eigenvalue weighted by atomic mass is 16.4. The summed E-state index contributed by atoms with van der Waals surface area (Å²) >= 11 is 0. The number of carboxylic acids is 1. The van der Waals surface area contributed by atoms with E-state index in [1.165, 1.54) is 10.9 Å². The maximum Gasteiger partial charge on any atom is 0.325 e. The Bertz CT molecular complexity index is 478. The summed E-state index contributed by atoms with van der Waals surface area (Å²) in [5.74, 6) is -1.05. The van der Waals surface area contributed by atoms with Gasteiger partial charge in [-0.3, -0.25) is 9.59 Å².